The largest absolute Gasteiger partial charge is 0.383 e. The molecule has 1 aromatic carbocycles. The van der Waals surface area contributed by atoms with Crippen LogP contribution in [0.3, 0.4) is 0 Å². The Morgan fingerprint density at radius 1 is 1.30 bits per heavy atom. The lowest BCUT2D eigenvalue weighted by Gasteiger charge is -2.21. The Morgan fingerprint density at radius 2 is 2.05 bits per heavy atom. The van der Waals surface area contributed by atoms with Crippen LogP contribution in [0.5, 0.6) is 0 Å². The summed E-state index contributed by atoms with van der Waals surface area (Å²) in [5.41, 5.74) is 8.12. The Labute approximate surface area is 128 Å². The lowest BCUT2D eigenvalue weighted by molar-refractivity contribution is 0.852. The molecule has 0 fully saturated rings. The SMILES string of the molecule is CCc1nc(N)c(C)c(N(C)Cc2cccc(Br)c2)n1. The van der Waals surface area contributed by atoms with Gasteiger partial charge in [-0.25, -0.2) is 9.97 Å². The van der Waals surface area contributed by atoms with Gasteiger partial charge in [-0.2, -0.15) is 0 Å². The fourth-order valence-electron chi connectivity index (χ4n) is 2.08. The number of hydrogen-bond acceptors (Lipinski definition) is 4. The van der Waals surface area contributed by atoms with Gasteiger partial charge in [-0.05, 0) is 24.6 Å². The first-order valence-corrected chi connectivity index (χ1v) is 7.39. The highest BCUT2D eigenvalue weighted by molar-refractivity contribution is 9.10. The lowest BCUT2D eigenvalue weighted by Crippen LogP contribution is -2.20. The average Bonchev–Trinajstić information content (AvgIpc) is 2.41. The maximum absolute atomic E-state index is 5.97. The Bertz CT molecular complexity index is 613. The maximum Gasteiger partial charge on any atom is 0.137 e. The molecule has 0 bridgehead atoms. The number of nitrogens with zero attached hydrogens (tertiary/aromatic N) is 3. The van der Waals surface area contributed by atoms with Crippen LogP contribution in [0.2, 0.25) is 0 Å². The van der Waals surface area contributed by atoms with Crippen LogP contribution in [-0.4, -0.2) is 17.0 Å². The summed E-state index contributed by atoms with van der Waals surface area (Å²) in [7, 11) is 2.02. The summed E-state index contributed by atoms with van der Waals surface area (Å²) < 4.78 is 1.08. The van der Waals surface area contributed by atoms with Gasteiger partial charge in [-0.3, -0.25) is 0 Å². The topological polar surface area (TPSA) is 55.0 Å². The quantitative estimate of drug-likeness (QED) is 0.931. The van der Waals surface area contributed by atoms with Crippen molar-refractivity contribution < 1.29 is 0 Å². The molecule has 0 unspecified atom stereocenters. The predicted octanol–water partition coefficient (Wildman–Crippen LogP) is 3.33. The van der Waals surface area contributed by atoms with E-state index in [4.69, 9.17) is 5.73 Å². The van der Waals surface area contributed by atoms with Crippen LogP contribution in [0.15, 0.2) is 28.7 Å². The van der Waals surface area contributed by atoms with Crippen LogP contribution in [0.1, 0.15) is 23.9 Å². The molecule has 0 radical (unpaired) electrons. The van der Waals surface area contributed by atoms with Gasteiger partial charge < -0.3 is 10.6 Å². The summed E-state index contributed by atoms with van der Waals surface area (Å²) in [5.74, 6) is 2.24. The number of aryl methyl sites for hydroxylation is 1. The number of rotatable bonds is 4. The molecule has 0 aliphatic carbocycles. The summed E-state index contributed by atoms with van der Waals surface area (Å²) in [4.78, 5) is 11.0. The molecular formula is C15H19BrN4. The molecule has 2 aromatic rings. The number of nitrogen functional groups attached to an aromatic ring is 1. The van der Waals surface area contributed by atoms with E-state index in [1.54, 1.807) is 0 Å². The molecule has 106 valence electrons. The first kappa shape index (κ1) is 14.8. The van der Waals surface area contributed by atoms with E-state index >= 15 is 0 Å². The standard InChI is InChI=1S/C15H19BrN4/c1-4-13-18-14(17)10(2)15(19-13)20(3)9-11-6-5-7-12(16)8-11/h5-8H,4,9H2,1-3H3,(H2,17,18,19). The van der Waals surface area contributed by atoms with Crippen molar-refractivity contribution in [1.82, 2.24) is 9.97 Å². The molecule has 5 heteroatoms. The second-order valence-electron chi connectivity index (χ2n) is 4.81. The molecule has 0 aliphatic rings. The molecule has 0 spiro atoms. The predicted molar refractivity (Wildman–Crippen MR) is 86.8 cm³/mol. The molecule has 0 aliphatic heterocycles. The van der Waals surface area contributed by atoms with E-state index in [0.717, 1.165) is 34.6 Å². The van der Waals surface area contributed by atoms with Crippen molar-refractivity contribution in [3.63, 3.8) is 0 Å². The third-order valence-corrected chi connectivity index (χ3v) is 3.68. The van der Waals surface area contributed by atoms with Crippen LogP contribution in [-0.2, 0) is 13.0 Å². The summed E-state index contributed by atoms with van der Waals surface area (Å²) in [6, 6.07) is 8.26. The van der Waals surface area contributed by atoms with Crippen LogP contribution < -0.4 is 10.6 Å². The van der Waals surface area contributed by atoms with Crippen LogP contribution >= 0.6 is 15.9 Å². The summed E-state index contributed by atoms with van der Waals surface area (Å²) in [6.07, 6.45) is 0.780. The Kier molecular flexibility index (Phi) is 4.60. The fraction of sp³-hybridized carbons (Fsp3) is 0.333. The van der Waals surface area contributed by atoms with Crippen LogP contribution in [0.4, 0.5) is 11.6 Å². The van der Waals surface area contributed by atoms with Crippen molar-refractivity contribution in [3.05, 3.63) is 45.7 Å². The molecular weight excluding hydrogens is 316 g/mol. The minimum Gasteiger partial charge on any atom is -0.383 e. The molecule has 1 heterocycles. The molecule has 0 saturated heterocycles. The highest BCUT2D eigenvalue weighted by Crippen LogP contribution is 2.23. The van der Waals surface area contributed by atoms with Gasteiger partial charge in [0.2, 0.25) is 0 Å². The minimum absolute atomic E-state index is 0.563. The van der Waals surface area contributed by atoms with E-state index < -0.39 is 0 Å². The molecule has 4 nitrogen and oxygen atoms in total. The van der Waals surface area contributed by atoms with Gasteiger partial charge in [0.15, 0.2) is 0 Å². The fourth-order valence-corrected chi connectivity index (χ4v) is 2.53. The highest BCUT2D eigenvalue weighted by atomic mass is 79.9. The first-order chi connectivity index (χ1) is 9.51. The van der Waals surface area contributed by atoms with Crippen LogP contribution in [0, 0.1) is 6.92 Å². The summed E-state index contributed by atoms with van der Waals surface area (Å²) in [6.45, 7) is 4.77. The molecule has 2 N–H and O–H groups in total. The van der Waals surface area contributed by atoms with Gasteiger partial charge in [0, 0.05) is 30.0 Å². The molecule has 20 heavy (non-hydrogen) atoms. The van der Waals surface area contributed by atoms with Crippen molar-refractivity contribution in [3.8, 4) is 0 Å². The van der Waals surface area contributed by atoms with Gasteiger partial charge in [-0.1, -0.05) is 35.0 Å². The highest BCUT2D eigenvalue weighted by Gasteiger charge is 2.12. The van der Waals surface area contributed by atoms with Crippen molar-refractivity contribution in [2.24, 2.45) is 0 Å². The second-order valence-corrected chi connectivity index (χ2v) is 5.73. The molecule has 1 aromatic heterocycles. The Balaban J connectivity index is 2.29. The molecule has 2 rings (SSSR count). The number of benzene rings is 1. The lowest BCUT2D eigenvalue weighted by atomic mass is 10.2. The number of halogens is 1. The van der Waals surface area contributed by atoms with E-state index in [9.17, 15) is 0 Å². The number of hydrogen-bond donors (Lipinski definition) is 1. The van der Waals surface area contributed by atoms with Gasteiger partial charge >= 0.3 is 0 Å². The zero-order valence-electron chi connectivity index (χ0n) is 12.0. The van der Waals surface area contributed by atoms with Gasteiger partial charge in [0.05, 0.1) is 0 Å². The van der Waals surface area contributed by atoms with E-state index in [1.807, 2.05) is 33.0 Å². The second kappa shape index (κ2) is 6.22. The monoisotopic (exact) mass is 334 g/mol. The van der Waals surface area contributed by atoms with Crippen molar-refractivity contribution in [2.45, 2.75) is 26.8 Å². The third-order valence-electron chi connectivity index (χ3n) is 3.19. The third kappa shape index (κ3) is 3.28. The van der Waals surface area contributed by atoms with E-state index in [1.165, 1.54) is 5.56 Å². The molecule has 0 amide bonds. The van der Waals surface area contributed by atoms with Gasteiger partial charge in [0.25, 0.3) is 0 Å². The zero-order valence-corrected chi connectivity index (χ0v) is 13.6. The smallest absolute Gasteiger partial charge is 0.137 e. The molecule has 0 atom stereocenters. The minimum atomic E-state index is 0.563. The van der Waals surface area contributed by atoms with Gasteiger partial charge in [-0.15, -0.1) is 0 Å². The Hall–Kier alpha value is -1.62. The van der Waals surface area contributed by atoms with Crippen molar-refractivity contribution >= 4 is 27.6 Å². The summed E-state index contributed by atoms with van der Waals surface area (Å²) >= 11 is 3.49. The van der Waals surface area contributed by atoms with E-state index in [-0.39, 0.29) is 0 Å². The van der Waals surface area contributed by atoms with Gasteiger partial charge in [0.1, 0.15) is 17.5 Å². The van der Waals surface area contributed by atoms with Crippen LogP contribution in [0.25, 0.3) is 0 Å². The first-order valence-electron chi connectivity index (χ1n) is 6.59. The average molecular weight is 335 g/mol. The zero-order chi connectivity index (χ0) is 14.7. The van der Waals surface area contributed by atoms with Crippen molar-refractivity contribution in [2.75, 3.05) is 17.7 Å². The van der Waals surface area contributed by atoms with Crippen molar-refractivity contribution in [1.29, 1.82) is 0 Å². The maximum atomic E-state index is 5.97. The number of anilines is 2. The van der Waals surface area contributed by atoms with E-state index in [0.29, 0.717) is 5.82 Å². The summed E-state index contributed by atoms with van der Waals surface area (Å²) in [5, 5.41) is 0. The normalized spacial score (nSPS) is 10.6. The Morgan fingerprint density at radius 3 is 2.70 bits per heavy atom. The van der Waals surface area contributed by atoms with E-state index in [2.05, 4.69) is 42.9 Å². The molecule has 0 saturated carbocycles. The number of aromatic nitrogens is 2. The number of nitrogens with two attached hydrogens (primary N) is 1.